The lowest BCUT2D eigenvalue weighted by Crippen LogP contribution is -2.45. The number of hydrogen-bond acceptors (Lipinski definition) is 4. The van der Waals surface area contributed by atoms with E-state index < -0.39 is 0 Å². The van der Waals surface area contributed by atoms with E-state index in [1.165, 1.54) is 0 Å². The number of halogens is 3. The fourth-order valence-electron chi connectivity index (χ4n) is 5.33. The number of nitrogens with zero attached hydrogens (tertiary/aromatic N) is 3. The van der Waals surface area contributed by atoms with Crippen LogP contribution in [0.4, 0.5) is 16.2 Å². The van der Waals surface area contributed by atoms with Gasteiger partial charge in [-0.25, -0.2) is 9.48 Å². The number of hydrogen-bond donors (Lipinski definition) is 3. The Morgan fingerprint density at radius 2 is 1.61 bits per heavy atom. The van der Waals surface area contributed by atoms with E-state index in [0.717, 1.165) is 67.0 Å². The summed E-state index contributed by atoms with van der Waals surface area (Å²) >= 11 is 18.9. The lowest BCUT2D eigenvalue weighted by atomic mass is 10.0. The maximum absolute atomic E-state index is 13.6. The lowest BCUT2D eigenvalue weighted by molar-refractivity contribution is 0.0925. The summed E-state index contributed by atoms with van der Waals surface area (Å²) in [6, 6.07) is 20.3. The van der Waals surface area contributed by atoms with Gasteiger partial charge in [0, 0.05) is 58.2 Å². The minimum Gasteiger partial charge on any atom is -0.371 e. The lowest BCUT2D eigenvalue weighted by Gasteiger charge is -2.34. The van der Waals surface area contributed by atoms with E-state index in [0.29, 0.717) is 33.0 Å². The molecule has 1 aliphatic rings. The third-order valence-electron chi connectivity index (χ3n) is 7.73. The molecular weight excluding hydrogens is 619 g/mol. The van der Waals surface area contributed by atoms with E-state index in [1.807, 2.05) is 43.3 Å². The molecule has 2 heterocycles. The largest absolute Gasteiger partial charge is 0.371 e. The molecule has 8 nitrogen and oxygen atoms in total. The van der Waals surface area contributed by atoms with Gasteiger partial charge in [-0.05, 0) is 80.8 Å². The van der Waals surface area contributed by atoms with Crippen LogP contribution in [0.2, 0.25) is 15.1 Å². The van der Waals surface area contributed by atoms with Crippen molar-refractivity contribution in [2.45, 2.75) is 45.6 Å². The van der Waals surface area contributed by atoms with Crippen molar-refractivity contribution < 1.29 is 9.59 Å². The number of benzene rings is 3. The summed E-state index contributed by atoms with van der Waals surface area (Å²) < 4.78 is 1.70. The van der Waals surface area contributed by atoms with Gasteiger partial charge >= 0.3 is 6.03 Å². The van der Waals surface area contributed by atoms with Crippen LogP contribution in [0.1, 0.15) is 48.7 Å². The van der Waals surface area contributed by atoms with Crippen LogP contribution < -0.4 is 20.9 Å². The second kappa shape index (κ2) is 14.4. The quantitative estimate of drug-likeness (QED) is 0.159. The van der Waals surface area contributed by atoms with Gasteiger partial charge in [-0.3, -0.25) is 4.79 Å². The Morgan fingerprint density at radius 3 is 2.27 bits per heavy atom. The Morgan fingerprint density at radius 1 is 0.932 bits per heavy atom. The Hall–Kier alpha value is -3.72. The first-order valence-corrected chi connectivity index (χ1v) is 15.9. The summed E-state index contributed by atoms with van der Waals surface area (Å²) in [4.78, 5) is 27.9. The molecule has 0 radical (unpaired) electrons. The SMILES string of the molecule is CCCCNC(=O)Nc1ccc(N2CCC(NC(=O)c3nn(-c4ccc(Cl)cc4Cl)c(-c4ccc(Cl)cc4)c3C)CC2)cc1. The molecule has 230 valence electrons. The first kappa shape index (κ1) is 31.7. The average Bonchev–Trinajstić information content (AvgIpc) is 3.35. The van der Waals surface area contributed by atoms with Crippen LogP contribution in [0, 0.1) is 6.92 Å². The number of rotatable bonds is 9. The van der Waals surface area contributed by atoms with Crippen molar-refractivity contribution in [3.63, 3.8) is 0 Å². The fourth-order valence-corrected chi connectivity index (χ4v) is 5.95. The van der Waals surface area contributed by atoms with E-state index in [9.17, 15) is 9.59 Å². The standard InChI is InChI=1S/C33H35Cl3N6O2/c1-3-4-17-37-33(44)39-25-10-12-27(13-11-25)41-18-15-26(16-19-41)38-32(43)30-21(2)31(22-5-7-23(34)8-6-22)42(40-30)29-14-9-24(35)20-28(29)36/h5-14,20,26H,3-4,15-19H2,1-2H3,(H,38,43)(H2,37,39,44). The molecule has 5 rings (SSSR count). The summed E-state index contributed by atoms with van der Waals surface area (Å²) in [5.74, 6) is -0.229. The number of nitrogens with one attached hydrogen (secondary N) is 3. The number of urea groups is 1. The predicted octanol–water partition coefficient (Wildman–Crippen LogP) is 8.13. The predicted molar refractivity (Wildman–Crippen MR) is 180 cm³/mol. The molecule has 0 bridgehead atoms. The Labute approximate surface area is 272 Å². The molecular formula is C33H35Cl3N6O2. The van der Waals surface area contributed by atoms with Gasteiger partial charge in [-0.15, -0.1) is 0 Å². The first-order valence-electron chi connectivity index (χ1n) is 14.7. The van der Waals surface area contributed by atoms with Crippen molar-refractivity contribution in [2.75, 3.05) is 29.9 Å². The van der Waals surface area contributed by atoms with Crippen LogP contribution in [0.15, 0.2) is 66.7 Å². The fraction of sp³-hybridized carbons (Fsp3) is 0.303. The van der Waals surface area contributed by atoms with Crippen molar-refractivity contribution in [2.24, 2.45) is 0 Å². The number of anilines is 2. The molecule has 3 aromatic carbocycles. The van der Waals surface area contributed by atoms with Gasteiger partial charge in [-0.2, -0.15) is 5.10 Å². The van der Waals surface area contributed by atoms with Crippen molar-refractivity contribution in [1.82, 2.24) is 20.4 Å². The number of unbranched alkanes of at least 4 members (excludes halogenated alkanes) is 1. The Kier molecular flexibility index (Phi) is 10.4. The van der Waals surface area contributed by atoms with Gasteiger partial charge in [0.15, 0.2) is 5.69 Å². The summed E-state index contributed by atoms with van der Waals surface area (Å²) in [6.45, 7) is 6.22. The minimum atomic E-state index is -0.229. The molecule has 0 atom stereocenters. The van der Waals surface area contributed by atoms with E-state index in [4.69, 9.17) is 39.9 Å². The van der Waals surface area contributed by atoms with E-state index in [1.54, 1.807) is 35.0 Å². The molecule has 3 N–H and O–H groups in total. The van der Waals surface area contributed by atoms with Gasteiger partial charge < -0.3 is 20.9 Å². The average molecular weight is 654 g/mol. The van der Waals surface area contributed by atoms with Crippen LogP contribution >= 0.6 is 34.8 Å². The molecule has 0 unspecified atom stereocenters. The van der Waals surface area contributed by atoms with Crippen LogP contribution in [0.25, 0.3) is 16.9 Å². The number of carbonyl (C=O) groups excluding carboxylic acids is 2. The van der Waals surface area contributed by atoms with Crippen molar-refractivity contribution in [3.8, 4) is 16.9 Å². The summed E-state index contributed by atoms with van der Waals surface area (Å²) in [5.41, 5.74) is 5.13. The third kappa shape index (κ3) is 7.49. The summed E-state index contributed by atoms with van der Waals surface area (Å²) in [7, 11) is 0. The van der Waals surface area contributed by atoms with Gasteiger partial charge in [-0.1, -0.05) is 60.3 Å². The zero-order valence-corrected chi connectivity index (χ0v) is 26.9. The number of piperidine rings is 1. The minimum absolute atomic E-state index is 0.00848. The van der Waals surface area contributed by atoms with Gasteiger partial charge in [0.1, 0.15) is 0 Å². The highest BCUT2D eigenvalue weighted by Gasteiger charge is 2.27. The normalized spacial score (nSPS) is 13.5. The van der Waals surface area contributed by atoms with Crippen molar-refractivity contribution >= 4 is 58.1 Å². The maximum Gasteiger partial charge on any atom is 0.319 e. The maximum atomic E-state index is 13.6. The number of carbonyl (C=O) groups is 2. The molecule has 0 aliphatic carbocycles. The highest BCUT2D eigenvalue weighted by atomic mass is 35.5. The number of aromatic nitrogens is 2. The molecule has 0 saturated carbocycles. The highest BCUT2D eigenvalue weighted by Crippen LogP contribution is 2.33. The van der Waals surface area contributed by atoms with E-state index >= 15 is 0 Å². The topological polar surface area (TPSA) is 91.3 Å². The van der Waals surface area contributed by atoms with Gasteiger partial charge in [0.25, 0.3) is 5.91 Å². The zero-order valence-electron chi connectivity index (χ0n) is 24.7. The second-order valence-corrected chi connectivity index (χ2v) is 12.1. The van der Waals surface area contributed by atoms with Crippen molar-refractivity contribution in [1.29, 1.82) is 0 Å². The van der Waals surface area contributed by atoms with Crippen molar-refractivity contribution in [3.05, 3.63) is 93.1 Å². The van der Waals surface area contributed by atoms with Crippen LogP contribution in [0.3, 0.4) is 0 Å². The molecule has 11 heteroatoms. The monoisotopic (exact) mass is 652 g/mol. The zero-order chi connectivity index (χ0) is 31.2. The molecule has 3 amide bonds. The van der Waals surface area contributed by atoms with Gasteiger partial charge in [0.05, 0.1) is 16.4 Å². The summed E-state index contributed by atoms with van der Waals surface area (Å²) in [6.07, 6.45) is 3.56. The third-order valence-corrected chi connectivity index (χ3v) is 8.52. The van der Waals surface area contributed by atoms with E-state index in [2.05, 4.69) is 27.8 Å². The molecule has 0 spiro atoms. The van der Waals surface area contributed by atoms with Gasteiger partial charge in [0.2, 0.25) is 0 Å². The molecule has 1 aliphatic heterocycles. The smallest absolute Gasteiger partial charge is 0.319 e. The Bertz CT molecular complexity index is 1610. The molecule has 1 fully saturated rings. The summed E-state index contributed by atoms with van der Waals surface area (Å²) in [5, 5.41) is 15.2. The van der Waals surface area contributed by atoms with Crippen LogP contribution in [-0.2, 0) is 0 Å². The van der Waals surface area contributed by atoms with Crippen LogP contribution in [-0.4, -0.2) is 47.4 Å². The highest BCUT2D eigenvalue weighted by molar-refractivity contribution is 6.35. The van der Waals surface area contributed by atoms with E-state index in [-0.39, 0.29) is 18.0 Å². The first-order chi connectivity index (χ1) is 21.2. The molecule has 1 saturated heterocycles. The molecule has 4 aromatic rings. The molecule has 1 aromatic heterocycles. The number of amides is 3. The Balaban J connectivity index is 1.25. The van der Waals surface area contributed by atoms with Crippen LogP contribution in [0.5, 0.6) is 0 Å². The molecule has 44 heavy (non-hydrogen) atoms. The second-order valence-electron chi connectivity index (χ2n) is 10.9.